The number of hydrogen-bond acceptors (Lipinski definition) is 2. The van der Waals surface area contributed by atoms with Crippen LogP contribution in [0.25, 0.3) is 0 Å². The number of ether oxygens (including phenoxy) is 1. The standard InChI is InChI=1S/C12H20O2/c13-11-5-2-1-4-10(8-11)9-12-6-3-7-14-12/h8,11-13H,1-7,9H2. The van der Waals surface area contributed by atoms with Crippen molar-refractivity contribution in [3.05, 3.63) is 11.6 Å². The van der Waals surface area contributed by atoms with Crippen LogP contribution in [0, 0.1) is 0 Å². The van der Waals surface area contributed by atoms with Gasteiger partial charge in [0, 0.05) is 6.61 Å². The zero-order valence-corrected chi connectivity index (χ0v) is 8.74. The topological polar surface area (TPSA) is 29.5 Å². The van der Waals surface area contributed by atoms with Gasteiger partial charge in [-0.3, -0.25) is 0 Å². The molecule has 1 aliphatic carbocycles. The van der Waals surface area contributed by atoms with Crippen LogP contribution >= 0.6 is 0 Å². The molecule has 0 saturated carbocycles. The van der Waals surface area contributed by atoms with Crippen LogP contribution in [-0.4, -0.2) is 23.9 Å². The van der Waals surface area contributed by atoms with E-state index in [9.17, 15) is 5.11 Å². The lowest BCUT2D eigenvalue weighted by Crippen LogP contribution is -2.07. The second-order valence-corrected chi connectivity index (χ2v) is 4.48. The minimum Gasteiger partial charge on any atom is -0.389 e. The Hall–Kier alpha value is -0.340. The summed E-state index contributed by atoms with van der Waals surface area (Å²) in [7, 11) is 0. The summed E-state index contributed by atoms with van der Waals surface area (Å²) in [6.07, 6.45) is 10.3. The summed E-state index contributed by atoms with van der Waals surface area (Å²) < 4.78 is 5.61. The summed E-state index contributed by atoms with van der Waals surface area (Å²) in [6.45, 7) is 0.931. The third-order valence-electron chi connectivity index (χ3n) is 3.19. The van der Waals surface area contributed by atoms with Gasteiger partial charge in [0.25, 0.3) is 0 Å². The lowest BCUT2D eigenvalue weighted by molar-refractivity contribution is 0.110. The van der Waals surface area contributed by atoms with Gasteiger partial charge in [-0.1, -0.05) is 18.1 Å². The van der Waals surface area contributed by atoms with Gasteiger partial charge in [-0.15, -0.1) is 0 Å². The fourth-order valence-corrected chi connectivity index (χ4v) is 2.41. The third-order valence-corrected chi connectivity index (χ3v) is 3.19. The minimum atomic E-state index is -0.200. The molecule has 1 N–H and O–H groups in total. The molecule has 0 aromatic rings. The molecule has 0 aromatic carbocycles. The molecule has 2 unspecified atom stereocenters. The molecule has 0 aromatic heterocycles. The summed E-state index contributed by atoms with van der Waals surface area (Å²) in [5.74, 6) is 0. The maximum atomic E-state index is 9.62. The molecule has 0 amide bonds. The molecule has 0 radical (unpaired) electrons. The maximum Gasteiger partial charge on any atom is 0.0723 e. The first-order valence-corrected chi connectivity index (χ1v) is 5.84. The molecule has 2 heteroatoms. The van der Waals surface area contributed by atoms with E-state index in [-0.39, 0.29) is 6.10 Å². The van der Waals surface area contributed by atoms with Crippen molar-refractivity contribution in [3.63, 3.8) is 0 Å². The van der Waals surface area contributed by atoms with Crippen molar-refractivity contribution in [1.82, 2.24) is 0 Å². The van der Waals surface area contributed by atoms with E-state index in [1.807, 2.05) is 0 Å². The maximum absolute atomic E-state index is 9.62. The van der Waals surface area contributed by atoms with Crippen LogP contribution in [-0.2, 0) is 4.74 Å². The SMILES string of the molecule is OC1C=C(CC2CCCO2)CCCC1. The van der Waals surface area contributed by atoms with Gasteiger partial charge in [-0.2, -0.15) is 0 Å². The highest BCUT2D eigenvalue weighted by Gasteiger charge is 2.18. The molecule has 2 aliphatic rings. The van der Waals surface area contributed by atoms with Crippen LogP contribution in [0.5, 0.6) is 0 Å². The van der Waals surface area contributed by atoms with Crippen LogP contribution in [0.15, 0.2) is 11.6 Å². The molecule has 14 heavy (non-hydrogen) atoms. The Kier molecular flexibility index (Phi) is 3.60. The van der Waals surface area contributed by atoms with Crippen LogP contribution in [0.2, 0.25) is 0 Å². The second kappa shape index (κ2) is 4.94. The summed E-state index contributed by atoms with van der Waals surface area (Å²) in [5.41, 5.74) is 1.42. The van der Waals surface area contributed by atoms with Crippen molar-refractivity contribution < 1.29 is 9.84 Å². The Balaban J connectivity index is 1.87. The first-order valence-electron chi connectivity index (χ1n) is 5.84. The quantitative estimate of drug-likeness (QED) is 0.687. The highest BCUT2D eigenvalue weighted by molar-refractivity contribution is 5.08. The van der Waals surface area contributed by atoms with Crippen molar-refractivity contribution in [2.24, 2.45) is 0 Å². The molecule has 1 aliphatic heterocycles. The molecule has 1 heterocycles. The summed E-state index contributed by atoms with van der Waals surface area (Å²) in [5, 5.41) is 9.62. The Labute approximate surface area is 86.0 Å². The van der Waals surface area contributed by atoms with Gasteiger partial charge in [0.1, 0.15) is 0 Å². The van der Waals surface area contributed by atoms with Gasteiger partial charge < -0.3 is 9.84 Å². The second-order valence-electron chi connectivity index (χ2n) is 4.48. The molecular weight excluding hydrogens is 176 g/mol. The fourth-order valence-electron chi connectivity index (χ4n) is 2.41. The van der Waals surface area contributed by atoms with Crippen molar-refractivity contribution in [1.29, 1.82) is 0 Å². The fraction of sp³-hybridized carbons (Fsp3) is 0.833. The van der Waals surface area contributed by atoms with Crippen LogP contribution in [0.3, 0.4) is 0 Å². The summed E-state index contributed by atoms with van der Waals surface area (Å²) in [4.78, 5) is 0. The Morgan fingerprint density at radius 3 is 3.00 bits per heavy atom. The van der Waals surface area contributed by atoms with E-state index >= 15 is 0 Å². The Bertz CT molecular complexity index is 204. The van der Waals surface area contributed by atoms with Gasteiger partial charge in [-0.25, -0.2) is 0 Å². The summed E-state index contributed by atoms with van der Waals surface area (Å²) >= 11 is 0. The van der Waals surface area contributed by atoms with Crippen molar-refractivity contribution in [3.8, 4) is 0 Å². The Morgan fingerprint density at radius 1 is 1.29 bits per heavy atom. The molecule has 2 rings (SSSR count). The van der Waals surface area contributed by atoms with Gasteiger partial charge >= 0.3 is 0 Å². The van der Waals surface area contributed by atoms with Gasteiger partial charge in [0.05, 0.1) is 12.2 Å². The van der Waals surface area contributed by atoms with E-state index in [2.05, 4.69) is 6.08 Å². The van der Waals surface area contributed by atoms with E-state index in [0.717, 1.165) is 32.3 Å². The minimum absolute atomic E-state index is 0.200. The average Bonchev–Trinajstić information content (AvgIpc) is 2.56. The number of rotatable bonds is 2. The lowest BCUT2D eigenvalue weighted by Gasteiger charge is -2.12. The molecule has 2 atom stereocenters. The zero-order chi connectivity index (χ0) is 9.80. The molecular formula is C12H20O2. The first-order chi connectivity index (χ1) is 6.84. The number of aliphatic hydroxyl groups is 1. The molecule has 1 saturated heterocycles. The van der Waals surface area contributed by atoms with E-state index in [4.69, 9.17) is 4.74 Å². The monoisotopic (exact) mass is 196 g/mol. The molecule has 0 spiro atoms. The normalized spacial score (nSPS) is 33.9. The predicted molar refractivity (Wildman–Crippen MR) is 56.1 cm³/mol. The van der Waals surface area contributed by atoms with E-state index < -0.39 is 0 Å². The van der Waals surface area contributed by atoms with Gasteiger partial charge in [0.2, 0.25) is 0 Å². The average molecular weight is 196 g/mol. The van der Waals surface area contributed by atoms with Crippen LogP contribution in [0.1, 0.15) is 44.9 Å². The molecule has 0 bridgehead atoms. The van der Waals surface area contributed by atoms with Crippen molar-refractivity contribution in [2.45, 2.75) is 57.2 Å². The Morgan fingerprint density at radius 2 is 2.21 bits per heavy atom. The van der Waals surface area contributed by atoms with Gasteiger partial charge in [-0.05, 0) is 38.5 Å². The zero-order valence-electron chi connectivity index (χ0n) is 8.74. The number of hydrogen-bond donors (Lipinski definition) is 1. The van der Waals surface area contributed by atoms with E-state index in [0.29, 0.717) is 6.10 Å². The molecule has 80 valence electrons. The highest BCUT2D eigenvalue weighted by atomic mass is 16.5. The van der Waals surface area contributed by atoms with E-state index in [1.54, 1.807) is 0 Å². The van der Waals surface area contributed by atoms with Crippen molar-refractivity contribution >= 4 is 0 Å². The summed E-state index contributed by atoms with van der Waals surface area (Å²) in [6, 6.07) is 0. The lowest BCUT2D eigenvalue weighted by atomic mass is 10.0. The number of aliphatic hydroxyl groups excluding tert-OH is 1. The van der Waals surface area contributed by atoms with Gasteiger partial charge in [0.15, 0.2) is 0 Å². The highest BCUT2D eigenvalue weighted by Crippen LogP contribution is 2.25. The first kappa shape index (κ1) is 10.2. The smallest absolute Gasteiger partial charge is 0.0723 e. The van der Waals surface area contributed by atoms with Crippen LogP contribution < -0.4 is 0 Å². The molecule has 1 fully saturated rings. The largest absolute Gasteiger partial charge is 0.389 e. The van der Waals surface area contributed by atoms with Crippen LogP contribution in [0.4, 0.5) is 0 Å². The van der Waals surface area contributed by atoms with E-state index in [1.165, 1.54) is 24.8 Å². The van der Waals surface area contributed by atoms with Crippen molar-refractivity contribution in [2.75, 3.05) is 6.61 Å². The predicted octanol–water partition coefficient (Wildman–Crippen LogP) is 2.42. The molecule has 2 nitrogen and oxygen atoms in total. The third kappa shape index (κ3) is 2.82.